The molecule has 1 unspecified atom stereocenters. The lowest BCUT2D eigenvalue weighted by atomic mass is 10.0. The fourth-order valence-electron chi connectivity index (χ4n) is 1.96. The van der Waals surface area contributed by atoms with E-state index in [4.69, 9.17) is 16.3 Å². The highest BCUT2D eigenvalue weighted by atomic mass is 35.5. The summed E-state index contributed by atoms with van der Waals surface area (Å²) in [6.07, 6.45) is 5.74. The van der Waals surface area contributed by atoms with Crippen LogP contribution in [0.15, 0.2) is 18.5 Å². The fourth-order valence-corrected chi connectivity index (χ4v) is 2.12. The Balaban J connectivity index is 2.76. The number of nitrogens with zero attached hydrogens (tertiary/aromatic N) is 1. The van der Waals surface area contributed by atoms with Crippen LogP contribution in [0.2, 0.25) is 5.02 Å². The van der Waals surface area contributed by atoms with Crippen LogP contribution in [0, 0.1) is 11.8 Å². The van der Waals surface area contributed by atoms with Gasteiger partial charge in [0.15, 0.2) is 6.10 Å². The van der Waals surface area contributed by atoms with Gasteiger partial charge in [-0.3, -0.25) is 9.78 Å². The van der Waals surface area contributed by atoms with E-state index >= 15 is 0 Å². The molecule has 0 fully saturated rings. The standard InChI is InChI=1S/C18H25ClN2O2/c1-5-7-8-10-18(3,4)21-17(22)16(9-6-2)23-15-11-14(19)12-20-13-15/h11-13,16H,5-7,9H2,1-4H3,(H,21,22). The predicted octanol–water partition coefficient (Wildman–Crippen LogP) is 3.98. The number of carbonyl (C=O) groups is 1. The summed E-state index contributed by atoms with van der Waals surface area (Å²) in [6, 6.07) is 1.65. The molecule has 1 aromatic rings. The van der Waals surface area contributed by atoms with Crippen LogP contribution in [0.25, 0.3) is 0 Å². The molecule has 5 heteroatoms. The highest BCUT2D eigenvalue weighted by Crippen LogP contribution is 2.18. The molecule has 126 valence electrons. The first-order chi connectivity index (χ1) is 10.9. The van der Waals surface area contributed by atoms with Gasteiger partial charge >= 0.3 is 0 Å². The van der Waals surface area contributed by atoms with E-state index in [0.29, 0.717) is 17.2 Å². The third-order valence-corrected chi connectivity index (χ3v) is 3.22. The summed E-state index contributed by atoms with van der Waals surface area (Å²) in [5.74, 6) is 6.47. The quantitative estimate of drug-likeness (QED) is 0.766. The van der Waals surface area contributed by atoms with Gasteiger partial charge in [0, 0.05) is 18.7 Å². The third kappa shape index (κ3) is 7.38. The van der Waals surface area contributed by atoms with Gasteiger partial charge < -0.3 is 10.1 Å². The van der Waals surface area contributed by atoms with E-state index in [1.54, 1.807) is 12.3 Å². The zero-order valence-electron chi connectivity index (χ0n) is 14.3. The van der Waals surface area contributed by atoms with E-state index in [9.17, 15) is 4.79 Å². The van der Waals surface area contributed by atoms with Gasteiger partial charge in [0.25, 0.3) is 5.91 Å². The van der Waals surface area contributed by atoms with Gasteiger partial charge in [-0.2, -0.15) is 0 Å². The first-order valence-corrected chi connectivity index (χ1v) is 8.35. The van der Waals surface area contributed by atoms with E-state index < -0.39 is 11.6 Å². The predicted molar refractivity (Wildman–Crippen MR) is 93.5 cm³/mol. The van der Waals surface area contributed by atoms with Crippen molar-refractivity contribution in [2.75, 3.05) is 0 Å². The van der Waals surface area contributed by atoms with Crippen molar-refractivity contribution in [3.63, 3.8) is 0 Å². The van der Waals surface area contributed by atoms with Crippen molar-refractivity contribution in [2.45, 2.75) is 65.0 Å². The molecule has 0 bridgehead atoms. The normalized spacial score (nSPS) is 12.0. The zero-order valence-corrected chi connectivity index (χ0v) is 15.0. The molecule has 1 atom stereocenters. The van der Waals surface area contributed by atoms with Crippen molar-refractivity contribution < 1.29 is 9.53 Å². The van der Waals surface area contributed by atoms with Crippen LogP contribution in [0.1, 0.15) is 53.4 Å². The number of unbranched alkanes of at least 4 members (excludes halogenated alkanes) is 1. The molecule has 0 spiro atoms. The van der Waals surface area contributed by atoms with Crippen LogP contribution < -0.4 is 10.1 Å². The minimum atomic E-state index is -0.590. The molecule has 1 heterocycles. The first kappa shape index (κ1) is 19.3. The average Bonchev–Trinajstić information content (AvgIpc) is 2.46. The van der Waals surface area contributed by atoms with Gasteiger partial charge in [-0.05, 0) is 26.7 Å². The van der Waals surface area contributed by atoms with Gasteiger partial charge in [-0.25, -0.2) is 0 Å². The number of carbonyl (C=O) groups excluding carboxylic acids is 1. The Kier molecular flexibility index (Phi) is 7.91. The molecule has 23 heavy (non-hydrogen) atoms. The Morgan fingerprint density at radius 2 is 2.13 bits per heavy atom. The molecule has 0 aliphatic heterocycles. The van der Waals surface area contributed by atoms with E-state index in [1.807, 2.05) is 20.8 Å². The SMILES string of the molecule is CCCC#CC(C)(C)NC(=O)C(CCC)Oc1cncc(Cl)c1. The molecule has 0 aliphatic rings. The molecular formula is C18H25ClN2O2. The Morgan fingerprint density at radius 1 is 1.39 bits per heavy atom. The second kappa shape index (κ2) is 9.42. The summed E-state index contributed by atoms with van der Waals surface area (Å²) in [7, 11) is 0. The Hall–Kier alpha value is -1.73. The summed E-state index contributed by atoms with van der Waals surface area (Å²) in [5.41, 5.74) is -0.589. The number of halogens is 1. The maximum absolute atomic E-state index is 12.5. The number of ether oxygens (including phenoxy) is 1. The first-order valence-electron chi connectivity index (χ1n) is 7.97. The van der Waals surface area contributed by atoms with Gasteiger partial charge in [-0.1, -0.05) is 37.8 Å². The summed E-state index contributed by atoms with van der Waals surface area (Å²) in [6.45, 7) is 7.85. The average molecular weight is 337 g/mol. The molecule has 0 aromatic carbocycles. The molecule has 1 N–H and O–H groups in total. The van der Waals surface area contributed by atoms with Crippen molar-refractivity contribution in [1.29, 1.82) is 0 Å². The lowest BCUT2D eigenvalue weighted by Crippen LogP contribution is -2.48. The van der Waals surface area contributed by atoms with Gasteiger partial charge in [-0.15, -0.1) is 5.92 Å². The van der Waals surface area contributed by atoms with Crippen LogP contribution in [0.4, 0.5) is 0 Å². The largest absolute Gasteiger partial charge is 0.479 e. The van der Waals surface area contributed by atoms with Crippen molar-refractivity contribution in [3.8, 4) is 17.6 Å². The highest BCUT2D eigenvalue weighted by Gasteiger charge is 2.25. The fraction of sp³-hybridized carbons (Fsp3) is 0.556. The highest BCUT2D eigenvalue weighted by molar-refractivity contribution is 6.30. The molecule has 0 saturated heterocycles. The van der Waals surface area contributed by atoms with Crippen LogP contribution in [0.3, 0.4) is 0 Å². The van der Waals surface area contributed by atoms with Gasteiger partial charge in [0.2, 0.25) is 0 Å². The summed E-state index contributed by atoms with van der Waals surface area (Å²) in [5, 5.41) is 3.42. The van der Waals surface area contributed by atoms with Gasteiger partial charge in [0.1, 0.15) is 5.75 Å². The van der Waals surface area contributed by atoms with E-state index in [0.717, 1.165) is 19.3 Å². The number of hydrogen-bond donors (Lipinski definition) is 1. The molecule has 1 rings (SSSR count). The minimum Gasteiger partial charge on any atom is -0.479 e. The Labute approximate surface area is 144 Å². The van der Waals surface area contributed by atoms with E-state index in [-0.39, 0.29) is 5.91 Å². The molecule has 0 radical (unpaired) electrons. The molecular weight excluding hydrogens is 312 g/mol. The lowest BCUT2D eigenvalue weighted by Gasteiger charge is -2.24. The van der Waals surface area contributed by atoms with Crippen LogP contribution in [-0.4, -0.2) is 22.5 Å². The molecule has 0 saturated carbocycles. The van der Waals surface area contributed by atoms with Crippen molar-refractivity contribution >= 4 is 17.5 Å². The summed E-state index contributed by atoms with van der Waals surface area (Å²) in [4.78, 5) is 16.5. The summed E-state index contributed by atoms with van der Waals surface area (Å²) >= 11 is 5.90. The lowest BCUT2D eigenvalue weighted by molar-refractivity contribution is -0.129. The molecule has 0 aliphatic carbocycles. The summed E-state index contributed by atoms with van der Waals surface area (Å²) < 4.78 is 5.76. The third-order valence-electron chi connectivity index (χ3n) is 3.01. The number of aromatic nitrogens is 1. The van der Waals surface area contributed by atoms with E-state index in [2.05, 4.69) is 29.1 Å². The molecule has 1 amide bonds. The minimum absolute atomic E-state index is 0.178. The van der Waals surface area contributed by atoms with Crippen molar-refractivity contribution in [1.82, 2.24) is 10.3 Å². The molecule has 4 nitrogen and oxygen atoms in total. The monoisotopic (exact) mass is 336 g/mol. The maximum atomic E-state index is 12.5. The number of nitrogens with one attached hydrogen (secondary N) is 1. The zero-order chi connectivity index (χ0) is 17.3. The second-order valence-electron chi connectivity index (χ2n) is 5.90. The smallest absolute Gasteiger partial charge is 0.262 e. The second-order valence-corrected chi connectivity index (χ2v) is 6.34. The number of hydrogen-bond acceptors (Lipinski definition) is 3. The number of rotatable bonds is 7. The van der Waals surface area contributed by atoms with Crippen molar-refractivity contribution in [3.05, 3.63) is 23.5 Å². The van der Waals surface area contributed by atoms with Gasteiger partial charge in [0.05, 0.1) is 16.8 Å². The van der Waals surface area contributed by atoms with Crippen LogP contribution >= 0.6 is 11.6 Å². The number of amides is 1. The topological polar surface area (TPSA) is 51.2 Å². The Morgan fingerprint density at radius 3 is 2.74 bits per heavy atom. The maximum Gasteiger partial charge on any atom is 0.262 e. The molecule has 1 aromatic heterocycles. The van der Waals surface area contributed by atoms with Crippen molar-refractivity contribution in [2.24, 2.45) is 0 Å². The van der Waals surface area contributed by atoms with Crippen LogP contribution in [-0.2, 0) is 4.79 Å². The number of pyridine rings is 1. The van der Waals surface area contributed by atoms with E-state index in [1.165, 1.54) is 6.20 Å². The van der Waals surface area contributed by atoms with Crippen LogP contribution in [0.5, 0.6) is 5.75 Å². The Bertz CT molecular complexity index is 576.